The molecule has 0 aliphatic carbocycles. The molecule has 154 valence electrons. The molecule has 4 heterocycles. The van der Waals surface area contributed by atoms with Gasteiger partial charge in [-0.2, -0.15) is 4.31 Å². The summed E-state index contributed by atoms with van der Waals surface area (Å²) in [6.45, 7) is 4.29. The Labute approximate surface area is 167 Å². The molecular formula is C18H20N4O6S. The summed E-state index contributed by atoms with van der Waals surface area (Å²) < 4.78 is 42.8. The molecule has 1 saturated heterocycles. The second-order valence-corrected chi connectivity index (χ2v) is 8.63. The van der Waals surface area contributed by atoms with Gasteiger partial charge in [0.15, 0.2) is 17.2 Å². The summed E-state index contributed by atoms with van der Waals surface area (Å²) in [6, 6.07) is 4.94. The number of rotatable bonds is 4. The Hall–Kier alpha value is -2.92. The van der Waals surface area contributed by atoms with Gasteiger partial charge in [-0.05, 0) is 32.4 Å². The van der Waals surface area contributed by atoms with Crippen LogP contribution in [-0.2, 0) is 10.0 Å². The molecule has 0 unspecified atom stereocenters. The van der Waals surface area contributed by atoms with E-state index in [-0.39, 0.29) is 35.3 Å². The minimum Gasteiger partial charge on any atom is -0.461 e. The topological polar surface area (TPSA) is 123 Å². The van der Waals surface area contributed by atoms with E-state index in [1.165, 1.54) is 16.6 Å². The van der Waals surface area contributed by atoms with Crippen molar-refractivity contribution in [3.8, 4) is 11.5 Å². The quantitative estimate of drug-likeness (QED) is 0.628. The third kappa shape index (κ3) is 3.58. The molecule has 0 aromatic carbocycles. The number of aryl methyl sites for hydroxylation is 2. The van der Waals surface area contributed by atoms with Crippen molar-refractivity contribution in [1.82, 2.24) is 19.5 Å². The van der Waals surface area contributed by atoms with Gasteiger partial charge in [0.1, 0.15) is 10.6 Å². The lowest BCUT2D eigenvalue weighted by Crippen LogP contribution is -2.37. The van der Waals surface area contributed by atoms with Gasteiger partial charge in [-0.3, -0.25) is 4.79 Å². The van der Waals surface area contributed by atoms with E-state index in [1.54, 1.807) is 30.9 Å². The second kappa shape index (κ2) is 7.48. The van der Waals surface area contributed by atoms with Crippen molar-refractivity contribution in [1.29, 1.82) is 0 Å². The fraction of sp³-hybridized carbons (Fsp3) is 0.389. The van der Waals surface area contributed by atoms with E-state index in [0.717, 1.165) is 0 Å². The van der Waals surface area contributed by atoms with Gasteiger partial charge in [-0.1, -0.05) is 10.3 Å². The molecule has 1 aliphatic rings. The highest BCUT2D eigenvalue weighted by Gasteiger charge is 2.33. The van der Waals surface area contributed by atoms with Crippen LogP contribution in [0.15, 0.2) is 42.8 Å². The molecule has 0 atom stereocenters. The highest BCUT2D eigenvalue weighted by molar-refractivity contribution is 7.89. The van der Waals surface area contributed by atoms with E-state index in [2.05, 4.69) is 10.3 Å². The second-order valence-electron chi connectivity index (χ2n) is 6.76. The zero-order valence-corrected chi connectivity index (χ0v) is 16.8. The Morgan fingerprint density at radius 3 is 2.59 bits per heavy atom. The lowest BCUT2D eigenvalue weighted by atomic mass is 10.3. The monoisotopic (exact) mass is 420 g/mol. The summed E-state index contributed by atoms with van der Waals surface area (Å²) in [7, 11) is -3.75. The highest BCUT2D eigenvalue weighted by Crippen LogP contribution is 2.25. The molecule has 1 fully saturated rings. The molecule has 3 aromatic rings. The number of hydrogen-bond acceptors (Lipinski definition) is 8. The van der Waals surface area contributed by atoms with Gasteiger partial charge < -0.3 is 18.4 Å². The summed E-state index contributed by atoms with van der Waals surface area (Å²) in [4.78, 5) is 14.5. The standard InChI is InChI=1S/C18H20N4O6S/c1-12-17(13(2)27-19-12)29(24,25)22-7-4-6-21(8-9-22)18(23)14-11-16(28-20-14)15-5-3-10-26-15/h3,5,10-11H,4,6-9H2,1-2H3. The van der Waals surface area contributed by atoms with E-state index < -0.39 is 10.0 Å². The van der Waals surface area contributed by atoms with Crippen molar-refractivity contribution in [2.45, 2.75) is 25.2 Å². The van der Waals surface area contributed by atoms with E-state index in [9.17, 15) is 13.2 Å². The van der Waals surface area contributed by atoms with Gasteiger partial charge in [0, 0.05) is 32.2 Å². The van der Waals surface area contributed by atoms with Gasteiger partial charge in [-0.15, -0.1) is 0 Å². The van der Waals surface area contributed by atoms with Crippen molar-refractivity contribution in [3.63, 3.8) is 0 Å². The third-order valence-corrected chi connectivity index (χ3v) is 6.94. The fourth-order valence-electron chi connectivity index (χ4n) is 3.38. The smallest absolute Gasteiger partial charge is 0.276 e. The number of nitrogens with zero attached hydrogens (tertiary/aromatic N) is 4. The largest absolute Gasteiger partial charge is 0.461 e. The number of sulfonamides is 1. The average Bonchev–Trinajstić information content (AvgIpc) is 3.39. The Kier molecular flexibility index (Phi) is 5.01. The molecule has 0 spiro atoms. The summed E-state index contributed by atoms with van der Waals surface area (Å²) in [5.74, 6) is 0.774. The van der Waals surface area contributed by atoms with Gasteiger partial charge in [-0.25, -0.2) is 8.42 Å². The normalized spacial score (nSPS) is 16.1. The SMILES string of the molecule is Cc1noc(C)c1S(=O)(=O)N1CCCN(C(=O)c2cc(-c3ccco3)on2)CC1. The van der Waals surface area contributed by atoms with Gasteiger partial charge in [0.05, 0.1) is 6.26 Å². The maximum atomic E-state index is 13.0. The van der Waals surface area contributed by atoms with Crippen LogP contribution in [0.1, 0.15) is 28.4 Å². The van der Waals surface area contributed by atoms with Crippen LogP contribution in [0.2, 0.25) is 0 Å². The Morgan fingerprint density at radius 1 is 1.07 bits per heavy atom. The molecule has 3 aromatic heterocycles. The zero-order chi connectivity index (χ0) is 20.6. The molecule has 1 amide bonds. The Morgan fingerprint density at radius 2 is 1.90 bits per heavy atom. The molecule has 10 nitrogen and oxygen atoms in total. The first-order chi connectivity index (χ1) is 13.9. The first kappa shape index (κ1) is 19.4. The summed E-state index contributed by atoms with van der Waals surface area (Å²) in [6.07, 6.45) is 2.00. The van der Waals surface area contributed by atoms with Crippen LogP contribution < -0.4 is 0 Å². The van der Waals surface area contributed by atoms with Gasteiger partial charge in [0.2, 0.25) is 15.8 Å². The molecule has 29 heavy (non-hydrogen) atoms. The molecule has 0 bridgehead atoms. The van der Waals surface area contributed by atoms with Crippen LogP contribution in [0.5, 0.6) is 0 Å². The van der Waals surface area contributed by atoms with Crippen LogP contribution in [0.25, 0.3) is 11.5 Å². The molecule has 0 N–H and O–H groups in total. The predicted molar refractivity (Wildman–Crippen MR) is 99.5 cm³/mol. The van der Waals surface area contributed by atoms with Crippen molar-refractivity contribution in [2.24, 2.45) is 0 Å². The number of amides is 1. The molecule has 1 aliphatic heterocycles. The summed E-state index contributed by atoms with van der Waals surface area (Å²) in [5.41, 5.74) is 0.478. The fourth-order valence-corrected chi connectivity index (χ4v) is 5.14. The summed E-state index contributed by atoms with van der Waals surface area (Å²) >= 11 is 0. The molecule has 4 rings (SSSR count). The molecule has 0 radical (unpaired) electrons. The van der Waals surface area contributed by atoms with Gasteiger partial charge in [0.25, 0.3) is 5.91 Å². The zero-order valence-electron chi connectivity index (χ0n) is 16.0. The number of carbonyl (C=O) groups excluding carboxylic acids is 1. The third-order valence-electron chi connectivity index (χ3n) is 4.80. The van der Waals surface area contributed by atoms with Gasteiger partial charge >= 0.3 is 0 Å². The van der Waals surface area contributed by atoms with Crippen LogP contribution in [0.4, 0.5) is 0 Å². The van der Waals surface area contributed by atoms with Crippen LogP contribution in [-0.4, -0.2) is 60.0 Å². The maximum Gasteiger partial charge on any atom is 0.276 e. The summed E-state index contributed by atoms with van der Waals surface area (Å²) in [5, 5.41) is 7.57. The number of aromatic nitrogens is 2. The Bertz CT molecular complexity index is 1100. The van der Waals surface area contributed by atoms with Crippen molar-refractivity contribution in [2.75, 3.05) is 26.2 Å². The number of carbonyl (C=O) groups is 1. The van der Waals surface area contributed by atoms with E-state index >= 15 is 0 Å². The Balaban J connectivity index is 1.48. The lowest BCUT2D eigenvalue weighted by molar-refractivity contribution is 0.0754. The van der Waals surface area contributed by atoms with Crippen LogP contribution in [0, 0.1) is 13.8 Å². The molecule has 0 saturated carbocycles. The van der Waals surface area contributed by atoms with Crippen LogP contribution in [0.3, 0.4) is 0 Å². The predicted octanol–water partition coefficient (Wildman–Crippen LogP) is 2.08. The first-order valence-corrected chi connectivity index (χ1v) is 10.5. The minimum absolute atomic E-state index is 0.0943. The van der Waals surface area contributed by atoms with E-state index in [1.807, 2.05) is 0 Å². The number of hydrogen-bond donors (Lipinski definition) is 0. The molecule has 11 heteroatoms. The lowest BCUT2D eigenvalue weighted by Gasteiger charge is -2.21. The molecular weight excluding hydrogens is 400 g/mol. The number of furan rings is 1. The average molecular weight is 420 g/mol. The van der Waals surface area contributed by atoms with E-state index in [0.29, 0.717) is 36.7 Å². The van der Waals surface area contributed by atoms with E-state index in [4.69, 9.17) is 13.5 Å². The van der Waals surface area contributed by atoms with Crippen molar-refractivity contribution in [3.05, 3.63) is 41.6 Å². The first-order valence-electron chi connectivity index (χ1n) is 9.11. The van der Waals surface area contributed by atoms with Crippen molar-refractivity contribution < 1.29 is 26.7 Å². The highest BCUT2D eigenvalue weighted by atomic mass is 32.2. The maximum absolute atomic E-state index is 13.0. The van der Waals surface area contributed by atoms with Crippen molar-refractivity contribution >= 4 is 15.9 Å². The minimum atomic E-state index is -3.75. The van der Waals surface area contributed by atoms with Crippen LogP contribution >= 0.6 is 0 Å².